The summed E-state index contributed by atoms with van der Waals surface area (Å²) in [5.41, 5.74) is -0.112. The zero-order valence-corrected chi connectivity index (χ0v) is 10.2. The molecule has 0 aromatic carbocycles. The summed E-state index contributed by atoms with van der Waals surface area (Å²) in [5, 5.41) is 9.51. The molecule has 6 nitrogen and oxygen atoms in total. The Bertz CT molecular complexity index is 548. The lowest BCUT2D eigenvalue weighted by Crippen LogP contribution is -2.31. The van der Waals surface area contributed by atoms with Crippen molar-refractivity contribution < 1.29 is 5.21 Å². The molecule has 0 saturated carbocycles. The normalized spacial score (nSPS) is 11.2. The molecule has 2 aliphatic heterocycles. The summed E-state index contributed by atoms with van der Waals surface area (Å²) in [5.74, 6) is 0.418. The fraction of sp³-hybridized carbons (Fsp3) is 0.500. The highest BCUT2D eigenvalue weighted by atomic mass is 35.5. The van der Waals surface area contributed by atoms with Crippen LogP contribution in [0.5, 0.6) is 0 Å². The second-order valence-electron chi connectivity index (χ2n) is 3.82. The molecular formula is C10H13ClN4O2. The van der Waals surface area contributed by atoms with Gasteiger partial charge in [0.15, 0.2) is 5.82 Å². The van der Waals surface area contributed by atoms with Crippen LogP contribution in [0.1, 0.15) is 26.2 Å². The van der Waals surface area contributed by atoms with Crippen molar-refractivity contribution in [3.05, 3.63) is 22.0 Å². The Balaban J connectivity index is 2.45. The number of nitrogens with zero attached hydrogens (tertiary/aromatic N) is 4. The van der Waals surface area contributed by atoms with E-state index in [9.17, 15) is 10.0 Å². The van der Waals surface area contributed by atoms with Gasteiger partial charge in [0, 0.05) is 6.54 Å². The minimum Gasteiger partial charge on any atom is -0.424 e. The third-order valence-corrected chi connectivity index (χ3v) is 2.72. The lowest BCUT2D eigenvalue weighted by atomic mass is 10.2. The van der Waals surface area contributed by atoms with E-state index in [4.69, 9.17) is 11.6 Å². The molecule has 7 heteroatoms. The van der Waals surface area contributed by atoms with Crippen molar-refractivity contribution in [2.24, 2.45) is 0 Å². The van der Waals surface area contributed by atoms with Gasteiger partial charge >= 0.3 is 5.69 Å². The Morgan fingerprint density at radius 3 is 2.88 bits per heavy atom. The lowest BCUT2D eigenvalue weighted by molar-refractivity contribution is 0.164. The molecule has 0 saturated heterocycles. The van der Waals surface area contributed by atoms with Gasteiger partial charge in [-0.25, -0.2) is 9.78 Å². The lowest BCUT2D eigenvalue weighted by Gasteiger charge is -2.10. The molecule has 0 aromatic rings. The fourth-order valence-corrected chi connectivity index (χ4v) is 1.88. The number of hydrogen-bond donors (Lipinski definition) is 1. The molecule has 2 heterocycles. The second-order valence-corrected chi connectivity index (χ2v) is 4.15. The molecule has 0 amide bonds. The Morgan fingerprint density at radius 1 is 1.41 bits per heavy atom. The molecule has 0 bridgehead atoms. The molecule has 17 heavy (non-hydrogen) atoms. The van der Waals surface area contributed by atoms with Gasteiger partial charge in [-0.15, -0.1) is 4.73 Å². The molecule has 1 N–H and O–H groups in total. The minimum absolute atomic E-state index is 0.0786. The van der Waals surface area contributed by atoms with E-state index in [2.05, 4.69) is 16.9 Å². The molecule has 2 rings (SSSR count). The summed E-state index contributed by atoms with van der Waals surface area (Å²) in [7, 11) is 0. The van der Waals surface area contributed by atoms with Crippen molar-refractivity contribution >= 4 is 11.6 Å². The van der Waals surface area contributed by atoms with Gasteiger partial charge in [-0.3, -0.25) is 4.57 Å². The zero-order chi connectivity index (χ0) is 12.4. The van der Waals surface area contributed by atoms with E-state index < -0.39 is 5.69 Å². The van der Waals surface area contributed by atoms with E-state index >= 15 is 0 Å². The van der Waals surface area contributed by atoms with Crippen LogP contribution >= 0.6 is 11.6 Å². The molecule has 0 aliphatic carbocycles. The summed E-state index contributed by atoms with van der Waals surface area (Å²) in [6.45, 7) is 2.58. The molecule has 0 atom stereocenters. The van der Waals surface area contributed by atoms with E-state index in [0.29, 0.717) is 22.8 Å². The van der Waals surface area contributed by atoms with Crippen molar-refractivity contribution in [1.82, 2.24) is 19.3 Å². The highest BCUT2D eigenvalue weighted by molar-refractivity contribution is 6.28. The predicted molar refractivity (Wildman–Crippen MR) is 62.6 cm³/mol. The number of hydrogen-bond acceptors (Lipinski definition) is 4. The van der Waals surface area contributed by atoms with E-state index in [1.807, 2.05) is 0 Å². The number of halogens is 1. The first-order valence-electron chi connectivity index (χ1n) is 5.48. The van der Waals surface area contributed by atoms with Crippen molar-refractivity contribution in [3.8, 4) is 11.5 Å². The summed E-state index contributed by atoms with van der Waals surface area (Å²) < 4.78 is 1.91. The Labute approximate surface area is 103 Å². The first-order valence-corrected chi connectivity index (χ1v) is 5.86. The topological polar surface area (TPSA) is 72.9 Å². The fourth-order valence-electron chi connectivity index (χ4n) is 1.71. The Kier molecular flexibility index (Phi) is 3.33. The maximum Gasteiger partial charge on any atom is 0.362 e. The van der Waals surface area contributed by atoms with Crippen molar-refractivity contribution in [2.75, 3.05) is 0 Å². The summed E-state index contributed by atoms with van der Waals surface area (Å²) in [6, 6.07) is 0. The largest absolute Gasteiger partial charge is 0.424 e. The molecule has 0 spiro atoms. The third kappa shape index (κ3) is 2.26. The average molecular weight is 257 g/mol. The molecule has 2 aliphatic rings. The van der Waals surface area contributed by atoms with Gasteiger partial charge in [-0.1, -0.05) is 19.8 Å². The number of unbranched alkanes of at least 4 members (excludes halogenated alkanes) is 2. The number of aromatic nitrogens is 4. The van der Waals surface area contributed by atoms with Crippen molar-refractivity contribution in [3.63, 3.8) is 0 Å². The smallest absolute Gasteiger partial charge is 0.362 e. The van der Waals surface area contributed by atoms with Crippen LogP contribution < -0.4 is 5.69 Å². The standard InChI is InChI=1S/C10H13ClN4O2/c1-2-3-4-5-14-8-7(12-9(11)13-8)6-15(17)10(14)16/h6,17H,2-5H2,1H3. The first kappa shape index (κ1) is 11.9. The van der Waals surface area contributed by atoms with Crippen LogP contribution in [0.2, 0.25) is 5.28 Å². The highest BCUT2D eigenvalue weighted by Gasteiger charge is 2.17. The van der Waals surface area contributed by atoms with Gasteiger partial charge < -0.3 is 5.21 Å². The van der Waals surface area contributed by atoms with Crippen LogP contribution in [0.25, 0.3) is 11.5 Å². The first-order chi connectivity index (χ1) is 8.13. The minimum atomic E-state index is -0.523. The van der Waals surface area contributed by atoms with Gasteiger partial charge in [0.25, 0.3) is 0 Å². The van der Waals surface area contributed by atoms with Gasteiger partial charge in [-0.2, -0.15) is 4.98 Å². The number of fused-ring (bicyclic) bond motifs is 1. The van der Waals surface area contributed by atoms with Gasteiger partial charge in [0.05, 0.1) is 6.20 Å². The Morgan fingerprint density at radius 2 is 2.18 bits per heavy atom. The van der Waals surface area contributed by atoms with Crippen molar-refractivity contribution in [2.45, 2.75) is 32.7 Å². The van der Waals surface area contributed by atoms with Gasteiger partial charge in [0.2, 0.25) is 5.28 Å². The van der Waals surface area contributed by atoms with E-state index in [1.165, 1.54) is 10.8 Å². The van der Waals surface area contributed by atoms with Crippen LogP contribution in [0.15, 0.2) is 11.0 Å². The van der Waals surface area contributed by atoms with Crippen LogP contribution in [-0.4, -0.2) is 24.5 Å². The third-order valence-electron chi connectivity index (χ3n) is 2.55. The van der Waals surface area contributed by atoms with Crippen LogP contribution in [0.4, 0.5) is 0 Å². The molecule has 0 unspecified atom stereocenters. The number of imidazole rings is 1. The van der Waals surface area contributed by atoms with Crippen LogP contribution in [0, 0.1) is 0 Å². The van der Waals surface area contributed by atoms with E-state index in [0.717, 1.165) is 19.3 Å². The molecular weight excluding hydrogens is 244 g/mol. The Hall–Kier alpha value is -1.56. The van der Waals surface area contributed by atoms with Gasteiger partial charge in [0.1, 0.15) is 5.69 Å². The monoisotopic (exact) mass is 256 g/mol. The molecule has 0 radical (unpaired) electrons. The summed E-state index contributed by atoms with van der Waals surface area (Å²) in [4.78, 5) is 19.7. The maximum atomic E-state index is 11.8. The maximum absolute atomic E-state index is 11.8. The van der Waals surface area contributed by atoms with Crippen LogP contribution in [0.3, 0.4) is 0 Å². The van der Waals surface area contributed by atoms with E-state index in [1.54, 1.807) is 0 Å². The molecule has 92 valence electrons. The van der Waals surface area contributed by atoms with E-state index in [-0.39, 0.29) is 5.28 Å². The van der Waals surface area contributed by atoms with Crippen molar-refractivity contribution in [1.29, 1.82) is 0 Å². The molecule has 0 fully saturated rings. The summed E-state index contributed by atoms with van der Waals surface area (Å²) in [6.07, 6.45) is 4.13. The van der Waals surface area contributed by atoms with Gasteiger partial charge in [-0.05, 0) is 18.0 Å². The SMILES string of the molecule is CCCCCn1c2nc(Cl)nc-2cn(O)c1=O. The predicted octanol–water partition coefficient (Wildman–Crippen LogP) is 1.63. The quantitative estimate of drug-likeness (QED) is 0.513. The zero-order valence-electron chi connectivity index (χ0n) is 9.43. The summed E-state index contributed by atoms with van der Waals surface area (Å²) >= 11 is 5.69. The number of rotatable bonds is 4. The molecule has 0 aromatic heterocycles. The average Bonchev–Trinajstić information content (AvgIpc) is 2.64. The highest BCUT2D eigenvalue weighted by Crippen LogP contribution is 2.19. The van der Waals surface area contributed by atoms with Crippen LogP contribution in [-0.2, 0) is 6.54 Å². The second kappa shape index (κ2) is 4.75.